The first-order valence-electron chi connectivity index (χ1n) is 7.55. The smallest absolute Gasteiger partial charge is 0.308 e. The van der Waals surface area contributed by atoms with Crippen molar-refractivity contribution in [2.45, 2.75) is 45.4 Å². The second kappa shape index (κ2) is 6.74. The minimum Gasteiger partial charge on any atom is -0.481 e. The van der Waals surface area contributed by atoms with Crippen molar-refractivity contribution in [1.29, 1.82) is 0 Å². The van der Waals surface area contributed by atoms with Crippen LogP contribution >= 0.6 is 0 Å². The molecule has 6 nitrogen and oxygen atoms in total. The van der Waals surface area contributed by atoms with Gasteiger partial charge in [-0.3, -0.25) is 9.59 Å². The van der Waals surface area contributed by atoms with Gasteiger partial charge in [0.2, 0.25) is 5.76 Å². The molecule has 0 bridgehead atoms. The summed E-state index contributed by atoms with van der Waals surface area (Å²) in [6.07, 6.45) is 3.22. The highest BCUT2D eigenvalue weighted by atomic mass is 16.5. The maximum atomic E-state index is 12.4. The fourth-order valence-electron chi connectivity index (χ4n) is 2.81. The van der Waals surface area contributed by atoms with Crippen LogP contribution < -0.4 is 0 Å². The molecule has 1 saturated heterocycles. The van der Waals surface area contributed by atoms with E-state index in [0.29, 0.717) is 25.3 Å². The molecule has 116 valence electrons. The Morgan fingerprint density at radius 3 is 2.81 bits per heavy atom. The number of piperidine rings is 1. The van der Waals surface area contributed by atoms with Gasteiger partial charge in [-0.2, -0.15) is 0 Å². The quantitative estimate of drug-likeness (QED) is 0.902. The molecule has 1 aliphatic heterocycles. The van der Waals surface area contributed by atoms with Gasteiger partial charge in [0, 0.05) is 25.1 Å². The Hall–Kier alpha value is -1.85. The zero-order valence-corrected chi connectivity index (χ0v) is 12.5. The van der Waals surface area contributed by atoms with Gasteiger partial charge in [0.05, 0.1) is 11.6 Å². The molecule has 1 N–H and O–H groups in total. The van der Waals surface area contributed by atoms with E-state index in [1.54, 1.807) is 11.0 Å². The molecule has 1 amide bonds. The molecule has 0 saturated carbocycles. The molecule has 6 heteroatoms. The number of nitrogens with zero attached hydrogens (tertiary/aromatic N) is 2. The van der Waals surface area contributed by atoms with E-state index in [9.17, 15) is 9.59 Å². The third-order valence-corrected chi connectivity index (χ3v) is 4.20. The van der Waals surface area contributed by atoms with Crippen LogP contribution in [0.1, 0.15) is 61.7 Å². The molecule has 2 rings (SSSR count). The summed E-state index contributed by atoms with van der Waals surface area (Å²) in [6, 6.07) is 1.70. The van der Waals surface area contributed by atoms with Crippen LogP contribution in [0, 0.1) is 5.92 Å². The van der Waals surface area contributed by atoms with Gasteiger partial charge < -0.3 is 14.5 Å². The van der Waals surface area contributed by atoms with Crippen molar-refractivity contribution in [3.8, 4) is 0 Å². The first-order chi connectivity index (χ1) is 10.1. The van der Waals surface area contributed by atoms with Crippen molar-refractivity contribution >= 4 is 11.9 Å². The maximum absolute atomic E-state index is 12.4. The Morgan fingerprint density at radius 2 is 2.19 bits per heavy atom. The summed E-state index contributed by atoms with van der Waals surface area (Å²) in [7, 11) is 0. The topological polar surface area (TPSA) is 83.6 Å². The number of carbonyl (C=O) groups is 2. The van der Waals surface area contributed by atoms with Gasteiger partial charge in [0.1, 0.15) is 0 Å². The molecule has 1 aromatic rings. The van der Waals surface area contributed by atoms with E-state index < -0.39 is 11.9 Å². The Bertz CT molecular complexity index is 508. The molecule has 0 spiro atoms. The second-order valence-electron chi connectivity index (χ2n) is 5.56. The Kier molecular flexibility index (Phi) is 4.98. The minimum absolute atomic E-state index is 0.211. The van der Waals surface area contributed by atoms with E-state index in [1.807, 2.05) is 0 Å². The van der Waals surface area contributed by atoms with E-state index in [-0.39, 0.29) is 18.2 Å². The maximum Gasteiger partial charge on any atom is 0.308 e. The van der Waals surface area contributed by atoms with E-state index in [4.69, 9.17) is 9.63 Å². The standard InChI is InChI=1S/C15H22N2O4/c1-3-10(4-2)12-8-13(21-16-12)14(18)17-7-5-6-11(9-17)15(19)20/h8,10-11H,3-7,9H2,1-2H3,(H,19,20)/t11-/m1/s1. The first-order valence-corrected chi connectivity index (χ1v) is 7.55. The van der Waals surface area contributed by atoms with Gasteiger partial charge in [-0.25, -0.2) is 0 Å². The van der Waals surface area contributed by atoms with Crippen LogP contribution in [0.2, 0.25) is 0 Å². The number of aliphatic carboxylic acids is 1. The van der Waals surface area contributed by atoms with Crippen LogP contribution in [0.4, 0.5) is 0 Å². The van der Waals surface area contributed by atoms with Crippen molar-refractivity contribution in [2.75, 3.05) is 13.1 Å². The molecule has 1 aliphatic rings. The molecule has 1 atom stereocenters. The number of likely N-dealkylation sites (tertiary alicyclic amines) is 1. The lowest BCUT2D eigenvalue weighted by Gasteiger charge is -2.29. The van der Waals surface area contributed by atoms with E-state index in [1.165, 1.54) is 0 Å². The number of hydrogen-bond acceptors (Lipinski definition) is 4. The predicted molar refractivity (Wildman–Crippen MR) is 76.1 cm³/mol. The highest BCUT2D eigenvalue weighted by Crippen LogP contribution is 2.24. The zero-order valence-electron chi connectivity index (χ0n) is 12.5. The number of carboxylic acids is 1. The fourth-order valence-corrected chi connectivity index (χ4v) is 2.81. The SMILES string of the molecule is CCC(CC)c1cc(C(=O)N2CCC[C@@H](C(=O)O)C2)on1. The number of carbonyl (C=O) groups excluding carboxylic acids is 1. The number of aromatic nitrogens is 1. The highest BCUT2D eigenvalue weighted by molar-refractivity contribution is 5.92. The molecular weight excluding hydrogens is 272 g/mol. The normalized spacial score (nSPS) is 19.0. The summed E-state index contributed by atoms with van der Waals surface area (Å²) >= 11 is 0. The molecule has 1 fully saturated rings. The van der Waals surface area contributed by atoms with Crippen LogP contribution in [-0.2, 0) is 4.79 Å². The third-order valence-electron chi connectivity index (χ3n) is 4.20. The van der Waals surface area contributed by atoms with Crippen molar-refractivity contribution < 1.29 is 19.2 Å². The van der Waals surface area contributed by atoms with E-state index in [2.05, 4.69) is 19.0 Å². The average molecular weight is 294 g/mol. The summed E-state index contributed by atoms with van der Waals surface area (Å²) in [6.45, 7) is 4.97. The van der Waals surface area contributed by atoms with Crippen LogP contribution in [0.3, 0.4) is 0 Å². The molecule has 1 aromatic heterocycles. The molecular formula is C15H22N2O4. The summed E-state index contributed by atoms with van der Waals surface area (Å²) < 4.78 is 5.17. The lowest BCUT2D eigenvalue weighted by Crippen LogP contribution is -2.42. The van der Waals surface area contributed by atoms with Gasteiger partial charge >= 0.3 is 5.97 Å². The van der Waals surface area contributed by atoms with Gasteiger partial charge in [0.15, 0.2) is 0 Å². The molecule has 2 heterocycles. The largest absolute Gasteiger partial charge is 0.481 e. The van der Waals surface area contributed by atoms with Gasteiger partial charge in [-0.15, -0.1) is 0 Å². The number of amides is 1. The van der Waals surface area contributed by atoms with Gasteiger partial charge in [0.25, 0.3) is 5.91 Å². The Balaban J connectivity index is 2.07. The van der Waals surface area contributed by atoms with Gasteiger partial charge in [-0.1, -0.05) is 19.0 Å². The molecule has 0 aromatic carbocycles. The minimum atomic E-state index is -0.845. The number of carboxylic acid groups (broad SMARTS) is 1. The molecule has 21 heavy (non-hydrogen) atoms. The van der Waals surface area contributed by atoms with Crippen LogP contribution in [-0.4, -0.2) is 40.1 Å². The summed E-state index contributed by atoms with van der Waals surface area (Å²) in [5.74, 6) is -1.08. The van der Waals surface area contributed by atoms with Crippen molar-refractivity contribution in [3.05, 3.63) is 17.5 Å². The predicted octanol–water partition coefficient (Wildman–Crippen LogP) is 2.52. The molecule has 0 aliphatic carbocycles. The van der Waals surface area contributed by atoms with Crippen LogP contribution in [0.5, 0.6) is 0 Å². The fraction of sp³-hybridized carbons (Fsp3) is 0.667. The van der Waals surface area contributed by atoms with Crippen molar-refractivity contribution in [3.63, 3.8) is 0 Å². The Morgan fingerprint density at radius 1 is 1.48 bits per heavy atom. The van der Waals surface area contributed by atoms with Crippen molar-refractivity contribution in [1.82, 2.24) is 10.1 Å². The third kappa shape index (κ3) is 3.43. The van der Waals surface area contributed by atoms with Crippen LogP contribution in [0.25, 0.3) is 0 Å². The monoisotopic (exact) mass is 294 g/mol. The van der Waals surface area contributed by atoms with E-state index in [0.717, 1.165) is 18.5 Å². The highest BCUT2D eigenvalue weighted by Gasteiger charge is 2.30. The second-order valence-corrected chi connectivity index (χ2v) is 5.56. The zero-order chi connectivity index (χ0) is 15.4. The lowest BCUT2D eigenvalue weighted by atomic mass is 9.97. The molecule has 0 unspecified atom stereocenters. The first kappa shape index (κ1) is 15.5. The lowest BCUT2D eigenvalue weighted by molar-refractivity contribution is -0.143. The Labute approximate surface area is 124 Å². The summed E-state index contributed by atoms with van der Waals surface area (Å²) in [5.41, 5.74) is 0.801. The van der Waals surface area contributed by atoms with Crippen molar-refractivity contribution in [2.24, 2.45) is 5.92 Å². The number of hydrogen-bond donors (Lipinski definition) is 1. The molecule has 0 radical (unpaired) electrons. The van der Waals surface area contributed by atoms with Crippen LogP contribution in [0.15, 0.2) is 10.6 Å². The van der Waals surface area contributed by atoms with E-state index >= 15 is 0 Å². The summed E-state index contributed by atoms with van der Waals surface area (Å²) in [4.78, 5) is 25.0. The number of rotatable bonds is 5. The summed E-state index contributed by atoms with van der Waals surface area (Å²) in [5, 5.41) is 13.1. The average Bonchev–Trinajstić information content (AvgIpc) is 2.97. The van der Waals surface area contributed by atoms with Gasteiger partial charge in [-0.05, 0) is 25.7 Å².